The Bertz CT molecular complexity index is 626. The Morgan fingerprint density at radius 1 is 1.24 bits per heavy atom. The normalized spacial score (nSPS) is 15.4. The molecule has 110 valence electrons. The maximum Gasteiger partial charge on any atom is 0.143 e. The molecule has 0 radical (unpaired) electrons. The van der Waals surface area contributed by atoms with Crippen LogP contribution in [0.3, 0.4) is 0 Å². The van der Waals surface area contributed by atoms with Gasteiger partial charge in [0, 0.05) is 18.3 Å². The second kappa shape index (κ2) is 6.12. The molecule has 3 rings (SSSR count). The van der Waals surface area contributed by atoms with Crippen LogP contribution in [-0.2, 0) is 17.6 Å². The first-order valence-corrected chi connectivity index (χ1v) is 7.61. The second-order valence-electron chi connectivity index (χ2n) is 5.86. The van der Waals surface area contributed by atoms with E-state index < -0.39 is 0 Å². The van der Waals surface area contributed by atoms with Crippen LogP contribution in [0.1, 0.15) is 43.0 Å². The molecule has 2 N–H and O–H groups in total. The third-order valence-corrected chi connectivity index (χ3v) is 4.09. The molecule has 2 aromatic rings. The monoisotopic (exact) mass is 283 g/mol. The van der Waals surface area contributed by atoms with Crippen LogP contribution >= 0.6 is 0 Å². The average Bonchev–Trinajstić information content (AvgIpc) is 3.08. The number of Topliss-reactive ketones (excluding diaryl/α,β-unsaturated/α-hetero) is 1. The fourth-order valence-corrected chi connectivity index (χ4v) is 3.04. The molecule has 0 unspecified atom stereocenters. The fraction of sp³-hybridized carbons (Fsp3) is 0.412. The van der Waals surface area contributed by atoms with Crippen LogP contribution in [0.4, 0.5) is 5.69 Å². The zero-order chi connectivity index (χ0) is 14.7. The average molecular weight is 283 g/mol. The van der Waals surface area contributed by atoms with E-state index in [1.165, 1.54) is 25.7 Å². The number of hydrogen-bond donors (Lipinski definition) is 1. The Balaban J connectivity index is 1.59. The van der Waals surface area contributed by atoms with Crippen LogP contribution in [0.25, 0.3) is 0 Å². The van der Waals surface area contributed by atoms with Crippen LogP contribution in [0.15, 0.2) is 36.5 Å². The summed E-state index contributed by atoms with van der Waals surface area (Å²) in [7, 11) is 0. The minimum atomic E-state index is 0.178. The summed E-state index contributed by atoms with van der Waals surface area (Å²) in [6.45, 7) is 0. The van der Waals surface area contributed by atoms with Gasteiger partial charge in [-0.15, -0.1) is 0 Å². The van der Waals surface area contributed by atoms with Gasteiger partial charge in [0.05, 0.1) is 18.2 Å². The molecule has 0 amide bonds. The molecule has 21 heavy (non-hydrogen) atoms. The summed E-state index contributed by atoms with van der Waals surface area (Å²) < 4.78 is 2.04. The lowest BCUT2D eigenvalue weighted by Gasteiger charge is -2.08. The van der Waals surface area contributed by atoms with E-state index >= 15 is 0 Å². The second-order valence-corrected chi connectivity index (χ2v) is 5.86. The van der Waals surface area contributed by atoms with Crippen molar-refractivity contribution < 1.29 is 4.79 Å². The summed E-state index contributed by atoms with van der Waals surface area (Å²) in [4.78, 5) is 12.1. The maximum atomic E-state index is 12.1. The molecular formula is C17H21N3O. The topological polar surface area (TPSA) is 60.9 Å². The number of hydrogen-bond acceptors (Lipinski definition) is 3. The molecule has 1 aliphatic carbocycles. The molecule has 1 heterocycles. The number of carbonyl (C=O) groups is 1. The molecule has 0 saturated heterocycles. The SMILES string of the molecule is Nc1cccc(CC(=O)Cc2ccn(C3CCCC3)n2)c1. The smallest absolute Gasteiger partial charge is 0.143 e. The molecule has 0 spiro atoms. The fourth-order valence-electron chi connectivity index (χ4n) is 3.04. The first-order chi connectivity index (χ1) is 10.2. The van der Waals surface area contributed by atoms with E-state index in [0.29, 0.717) is 24.6 Å². The van der Waals surface area contributed by atoms with E-state index in [-0.39, 0.29) is 5.78 Å². The third-order valence-electron chi connectivity index (χ3n) is 4.09. The lowest BCUT2D eigenvalue weighted by molar-refractivity contribution is -0.117. The van der Waals surface area contributed by atoms with E-state index in [0.717, 1.165) is 11.3 Å². The van der Waals surface area contributed by atoms with E-state index in [2.05, 4.69) is 5.10 Å². The van der Waals surface area contributed by atoms with Gasteiger partial charge in [0.25, 0.3) is 0 Å². The number of benzene rings is 1. The number of nitrogens with two attached hydrogens (primary N) is 1. The Morgan fingerprint density at radius 3 is 2.81 bits per heavy atom. The molecule has 0 aliphatic heterocycles. The number of carbonyl (C=O) groups excluding carboxylic acids is 1. The van der Waals surface area contributed by atoms with Gasteiger partial charge in [0.1, 0.15) is 5.78 Å². The summed E-state index contributed by atoms with van der Waals surface area (Å²) in [5.41, 5.74) is 8.27. The maximum absolute atomic E-state index is 12.1. The first-order valence-electron chi connectivity index (χ1n) is 7.61. The van der Waals surface area contributed by atoms with Gasteiger partial charge < -0.3 is 5.73 Å². The van der Waals surface area contributed by atoms with Gasteiger partial charge in [-0.1, -0.05) is 25.0 Å². The van der Waals surface area contributed by atoms with Crippen molar-refractivity contribution in [2.45, 2.75) is 44.6 Å². The Hall–Kier alpha value is -2.10. The first kappa shape index (κ1) is 13.9. The van der Waals surface area contributed by atoms with Gasteiger partial charge in [0.2, 0.25) is 0 Å². The van der Waals surface area contributed by atoms with Crippen molar-refractivity contribution in [3.8, 4) is 0 Å². The highest BCUT2D eigenvalue weighted by molar-refractivity contribution is 5.82. The van der Waals surface area contributed by atoms with Crippen molar-refractivity contribution in [3.63, 3.8) is 0 Å². The highest BCUT2D eigenvalue weighted by Gasteiger charge is 2.18. The van der Waals surface area contributed by atoms with Gasteiger partial charge in [0.15, 0.2) is 0 Å². The zero-order valence-electron chi connectivity index (χ0n) is 12.2. The van der Waals surface area contributed by atoms with Gasteiger partial charge in [-0.3, -0.25) is 9.48 Å². The van der Waals surface area contributed by atoms with Crippen molar-refractivity contribution in [2.24, 2.45) is 0 Å². The third kappa shape index (κ3) is 3.51. The highest BCUT2D eigenvalue weighted by Crippen LogP contribution is 2.28. The molecule has 1 aromatic carbocycles. The lowest BCUT2D eigenvalue weighted by Crippen LogP contribution is -2.09. The van der Waals surface area contributed by atoms with Gasteiger partial charge in [-0.25, -0.2) is 0 Å². The van der Waals surface area contributed by atoms with Crippen molar-refractivity contribution in [3.05, 3.63) is 47.8 Å². The zero-order valence-corrected chi connectivity index (χ0v) is 12.2. The number of aromatic nitrogens is 2. The van der Waals surface area contributed by atoms with Crippen molar-refractivity contribution in [1.29, 1.82) is 0 Å². The van der Waals surface area contributed by atoms with E-state index in [9.17, 15) is 4.79 Å². The summed E-state index contributed by atoms with van der Waals surface area (Å²) in [5.74, 6) is 0.178. The molecular weight excluding hydrogens is 262 g/mol. The minimum absolute atomic E-state index is 0.178. The standard InChI is InChI=1S/C17H21N3O/c18-14-5-3-4-13(10-14)11-17(21)12-15-8-9-20(19-15)16-6-1-2-7-16/h3-5,8-10,16H,1-2,6-7,11-12,18H2. The van der Waals surface area contributed by atoms with Crippen LogP contribution in [0.2, 0.25) is 0 Å². The van der Waals surface area contributed by atoms with E-state index in [4.69, 9.17) is 5.73 Å². The van der Waals surface area contributed by atoms with Crippen molar-refractivity contribution in [1.82, 2.24) is 9.78 Å². The molecule has 4 heteroatoms. The van der Waals surface area contributed by atoms with Crippen LogP contribution in [0.5, 0.6) is 0 Å². The number of anilines is 1. The summed E-state index contributed by atoms with van der Waals surface area (Å²) >= 11 is 0. The highest BCUT2D eigenvalue weighted by atomic mass is 16.1. The molecule has 0 bridgehead atoms. The molecule has 1 aromatic heterocycles. The van der Waals surface area contributed by atoms with Gasteiger partial charge >= 0.3 is 0 Å². The number of nitrogen functional groups attached to an aromatic ring is 1. The summed E-state index contributed by atoms with van der Waals surface area (Å²) in [6, 6.07) is 10.0. The number of nitrogens with zero attached hydrogens (tertiary/aromatic N) is 2. The summed E-state index contributed by atoms with van der Waals surface area (Å²) in [6.07, 6.45) is 7.81. The Labute approximate surface area is 125 Å². The Kier molecular flexibility index (Phi) is 4.04. The predicted octanol–water partition coefficient (Wildman–Crippen LogP) is 2.93. The number of ketones is 1. The van der Waals surface area contributed by atoms with Gasteiger partial charge in [-0.2, -0.15) is 5.10 Å². The lowest BCUT2D eigenvalue weighted by atomic mass is 10.1. The number of rotatable bonds is 5. The van der Waals surface area contributed by atoms with Crippen LogP contribution in [-0.4, -0.2) is 15.6 Å². The molecule has 1 fully saturated rings. The quantitative estimate of drug-likeness (QED) is 0.858. The molecule has 1 aliphatic rings. The van der Waals surface area contributed by atoms with Crippen LogP contribution in [0, 0.1) is 0 Å². The van der Waals surface area contributed by atoms with Crippen molar-refractivity contribution >= 4 is 11.5 Å². The molecule has 0 atom stereocenters. The van der Waals surface area contributed by atoms with Crippen LogP contribution < -0.4 is 5.73 Å². The molecule has 4 nitrogen and oxygen atoms in total. The van der Waals surface area contributed by atoms with Gasteiger partial charge in [-0.05, 0) is 36.6 Å². The van der Waals surface area contributed by atoms with Crippen molar-refractivity contribution in [2.75, 3.05) is 5.73 Å². The molecule has 1 saturated carbocycles. The summed E-state index contributed by atoms with van der Waals surface area (Å²) in [5, 5.41) is 4.56. The predicted molar refractivity (Wildman–Crippen MR) is 83.0 cm³/mol. The van der Waals surface area contributed by atoms with E-state index in [1.54, 1.807) is 0 Å². The van der Waals surface area contributed by atoms with E-state index in [1.807, 2.05) is 41.2 Å². The Morgan fingerprint density at radius 2 is 2.05 bits per heavy atom. The largest absolute Gasteiger partial charge is 0.399 e. The minimum Gasteiger partial charge on any atom is -0.399 e.